The predicted molar refractivity (Wildman–Crippen MR) is 137 cm³/mol. The number of carbonyl (C=O) groups is 2. The van der Waals surface area contributed by atoms with Gasteiger partial charge in [0.15, 0.2) is 11.5 Å². The van der Waals surface area contributed by atoms with Crippen molar-refractivity contribution >= 4 is 29.2 Å². The Kier molecular flexibility index (Phi) is 8.05. The summed E-state index contributed by atoms with van der Waals surface area (Å²) in [5.41, 5.74) is 1.45. The minimum absolute atomic E-state index is 0.0885. The number of carbonyl (C=O) groups excluding carboxylic acids is 2. The molecule has 190 valence electrons. The molecule has 3 amide bonds. The third kappa shape index (κ3) is 6.73. The first-order chi connectivity index (χ1) is 17.3. The van der Waals surface area contributed by atoms with E-state index < -0.39 is 0 Å². The fourth-order valence-corrected chi connectivity index (χ4v) is 4.13. The summed E-state index contributed by atoms with van der Waals surface area (Å²) in [6.07, 6.45) is 0. The van der Waals surface area contributed by atoms with Gasteiger partial charge in [-0.25, -0.2) is 4.79 Å². The molecule has 0 unspecified atom stereocenters. The lowest BCUT2D eigenvalue weighted by atomic mass is 10.1. The molecule has 0 radical (unpaired) electrons. The van der Waals surface area contributed by atoms with Crippen LogP contribution >= 0.6 is 11.6 Å². The second-order valence-electron chi connectivity index (χ2n) is 9.16. The summed E-state index contributed by atoms with van der Waals surface area (Å²) in [6, 6.07) is 15.9. The molecule has 0 fully saturated rings. The predicted octanol–water partition coefficient (Wildman–Crippen LogP) is 5.69. The van der Waals surface area contributed by atoms with Crippen molar-refractivity contribution in [3.8, 4) is 11.5 Å². The van der Waals surface area contributed by atoms with E-state index in [4.69, 9.17) is 25.5 Å². The molecular formula is C27H30ClN3O5. The van der Waals surface area contributed by atoms with E-state index in [9.17, 15) is 9.59 Å². The highest BCUT2D eigenvalue weighted by atomic mass is 35.5. The van der Waals surface area contributed by atoms with Gasteiger partial charge in [0, 0.05) is 23.8 Å². The number of nitrogens with one attached hydrogen (secondary N) is 1. The fraction of sp³-hybridized carbons (Fsp3) is 0.333. The Morgan fingerprint density at radius 2 is 1.81 bits per heavy atom. The van der Waals surface area contributed by atoms with Crippen molar-refractivity contribution < 1.29 is 23.5 Å². The summed E-state index contributed by atoms with van der Waals surface area (Å²) in [4.78, 5) is 29.9. The standard InChI is InChI=1S/C27H30ClN3O5/c1-18(2)13-31(27(33)29-22-6-4-5-21(28)12-22)16-26(32)30(15-23-9-7-19(3)36-23)14-20-8-10-24-25(11-20)35-17-34-24/h4-12,18H,13-17H2,1-3H3,(H,29,33). The summed E-state index contributed by atoms with van der Waals surface area (Å²) >= 11 is 6.06. The fourth-order valence-electron chi connectivity index (χ4n) is 3.94. The number of ether oxygens (including phenoxy) is 2. The summed E-state index contributed by atoms with van der Waals surface area (Å²) < 4.78 is 16.6. The van der Waals surface area contributed by atoms with Gasteiger partial charge in [0.05, 0.1) is 6.54 Å². The lowest BCUT2D eigenvalue weighted by Crippen LogP contribution is -2.45. The number of hydrogen-bond acceptors (Lipinski definition) is 5. The van der Waals surface area contributed by atoms with Gasteiger partial charge in [0.1, 0.15) is 18.1 Å². The molecule has 0 saturated carbocycles. The number of halogens is 1. The van der Waals surface area contributed by atoms with E-state index in [0.717, 1.165) is 11.3 Å². The molecule has 1 aromatic heterocycles. The molecule has 3 aromatic rings. The molecule has 1 aliphatic rings. The van der Waals surface area contributed by atoms with Gasteiger partial charge in [-0.3, -0.25) is 4.79 Å². The molecular weight excluding hydrogens is 482 g/mol. The van der Waals surface area contributed by atoms with Gasteiger partial charge in [-0.15, -0.1) is 0 Å². The number of urea groups is 1. The molecule has 0 spiro atoms. The normalized spacial score (nSPS) is 12.0. The molecule has 2 aromatic carbocycles. The number of hydrogen-bond donors (Lipinski definition) is 1. The molecule has 36 heavy (non-hydrogen) atoms. The highest BCUT2D eigenvalue weighted by Gasteiger charge is 2.24. The number of benzene rings is 2. The van der Waals surface area contributed by atoms with Crippen molar-refractivity contribution in [2.75, 3.05) is 25.2 Å². The Bertz CT molecular complexity index is 1230. The summed E-state index contributed by atoms with van der Waals surface area (Å²) in [7, 11) is 0. The van der Waals surface area contributed by atoms with Crippen LogP contribution in [0.3, 0.4) is 0 Å². The number of anilines is 1. The van der Waals surface area contributed by atoms with Gasteiger partial charge in [0.2, 0.25) is 12.7 Å². The van der Waals surface area contributed by atoms with E-state index in [-0.39, 0.29) is 37.7 Å². The first-order valence-electron chi connectivity index (χ1n) is 11.8. The second kappa shape index (κ2) is 11.4. The quantitative estimate of drug-likeness (QED) is 0.399. The van der Waals surface area contributed by atoms with Crippen molar-refractivity contribution in [1.82, 2.24) is 9.80 Å². The topological polar surface area (TPSA) is 84.2 Å². The van der Waals surface area contributed by atoms with Gasteiger partial charge in [-0.1, -0.05) is 37.6 Å². The highest BCUT2D eigenvalue weighted by molar-refractivity contribution is 6.30. The zero-order chi connectivity index (χ0) is 25.7. The minimum atomic E-state index is -0.365. The number of fused-ring (bicyclic) bond motifs is 1. The number of nitrogens with zero attached hydrogens (tertiary/aromatic N) is 2. The van der Waals surface area contributed by atoms with Crippen LogP contribution in [0.1, 0.15) is 30.9 Å². The molecule has 0 aliphatic carbocycles. The summed E-state index contributed by atoms with van der Waals surface area (Å²) in [5, 5.41) is 3.36. The first kappa shape index (κ1) is 25.4. The van der Waals surface area contributed by atoms with Gasteiger partial charge in [-0.05, 0) is 60.9 Å². The SMILES string of the molecule is Cc1ccc(CN(Cc2ccc3c(c2)OCO3)C(=O)CN(CC(C)C)C(=O)Nc2cccc(Cl)c2)o1. The van der Waals surface area contributed by atoms with E-state index in [1.54, 1.807) is 29.2 Å². The van der Waals surface area contributed by atoms with E-state index in [1.807, 2.05) is 51.1 Å². The molecule has 1 aliphatic heterocycles. The Labute approximate surface area is 215 Å². The Balaban J connectivity index is 1.52. The molecule has 2 heterocycles. The molecule has 9 heteroatoms. The Morgan fingerprint density at radius 1 is 1.00 bits per heavy atom. The van der Waals surface area contributed by atoms with Gasteiger partial charge in [-0.2, -0.15) is 0 Å². The zero-order valence-electron chi connectivity index (χ0n) is 20.6. The van der Waals surface area contributed by atoms with Crippen LogP contribution in [0.25, 0.3) is 0 Å². The summed E-state index contributed by atoms with van der Waals surface area (Å²) in [6.45, 7) is 6.95. The maximum absolute atomic E-state index is 13.6. The van der Waals surface area contributed by atoms with E-state index in [1.165, 1.54) is 4.90 Å². The first-order valence-corrected chi connectivity index (χ1v) is 12.2. The third-order valence-electron chi connectivity index (χ3n) is 5.58. The number of aryl methyl sites for hydroxylation is 1. The van der Waals surface area contributed by atoms with Crippen molar-refractivity contribution in [1.29, 1.82) is 0 Å². The van der Waals surface area contributed by atoms with Crippen LogP contribution in [0.5, 0.6) is 11.5 Å². The monoisotopic (exact) mass is 511 g/mol. The van der Waals surface area contributed by atoms with Crippen LogP contribution in [0.2, 0.25) is 5.02 Å². The Morgan fingerprint density at radius 3 is 2.53 bits per heavy atom. The van der Waals surface area contributed by atoms with Crippen molar-refractivity contribution in [2.24, 2.45) is 5.92 Å². The second-order valence-corrected chi connectivity index (χ2v) is 9.60. The molecule has 8 nitrogen and oxygen atoms in total. The van der Waals surface area contributed by atoms with Crippen LogP contribution in [-0.2, 0) is 17.9 Å². The molecule has 1 N–H and O–H groups in total. The maximum atomic E-state index is 13.6. The molecule has 4 rings (SSSR count). The van der Waals surface area contributed by atoms with Crippen LogP contribution in [0, 0.1) is 12.8 Å². The number of rotatable bonds is 9. The van der Waals surface area contributed by atoms with E-state index >= 15 is 0 Å². The van der Waals surface area contributed by atoms with Crippen molar-refractivity contribution in [3.05, 3.63) is 76.7 Å². The molecule has 0 bridgehead atoms. The van der Waals surface area contributed by atoms with Crippen molar-refractivity contribution in [2.45, 2.75) is 33.9 Å². The summed E-state index contributed by atoms with van der Waals surface area (Å²) in [5.74, 6) is 2.72. The number of furan rings is 1. The zero-order valence-corrected chi connectivity index (χ0v) is 21.4. The van der Waals surface area contributed by atoms with Gasteiger partial charge in [0.25, 0.3) is 0 Å². The van der Waals surface area contributed by atoms with Crippen LogP contribution in [0.15, 0.2) is 59.0 Å². The largest absolute Gasteiger partial charge is 0.464 e. The van der Waals surface area contributed by atoms with Gasteiger partial charge >= 0.3 is 6.03 Å². The van der Waals surface area contributed by atoms with Crippen LogP contribution < -0.4 is 14.8 Å². The molecule has 0 atom stereocenters. The average molecular weight is 512 g/mol. The van der Waals surface area contributed by atoms with Crippen molar-refractivity contribution in [3.63, 3.8) is 0 Å². The Hall–Kier alpha value is -3.65. The lowest BCUT2D eigenvalue weighted by molar-refractivity contribution is -0.133. The highest BCUT2D eigenvalue weighted by Crippen LogP contribution is 2.33. The third-order valence-corrected chi connectivity index (χ3v) is 5.82. The molecule has 0 saturated heterocycles. The average Bonchev–Trinajstić information content (AvgIpc) is 3.46. The van der Waals surface area contributed by atoms with Crippen LogP contribution in [-0.4, -0.2) is 41.6 Å². The van der Waals surface area contributed by atoms with Gasteiger partial charge < -0.3 is 29.0 Å². The van der Waals surface area contributed by atoms with E-state index in [2.05, 4.69) is 5.32 Å². The smallest absolute Gasteiger partial charge is 0.322 e. The van der Waals surface area contributed by atoms with E-state index in [0.29, 0.717) is 41.1 Å². The van der Waals surface area contributed by atoms with Crippen LogP contribution in [0.4, 0.5) is 10.5 Å². The minimum Gasteiger partial charge on any atom is -0.464 e. The number of amides is 3. The lowest BCUT2D eigenvalue weighted by Gasteiger charge is -2.28. The maximum Gasteiger partial charge on any atom is 0.322 e.